The first-order valence-corrected chi connectivity index (χ1v) is 7.61. The van der Waals surface area contributed by atoms with E-state index >= 15 is 0 Å². The zero-order valence-electron chi connectivity index (χ0n) is 12.3. The van der Waals surface area contributed by atoms with Crippen LogP contribution in [0.25, 0.3) is 0 Å². The lowest BCUT2D eigenvalue weighted by atomic mass is 9.81. The zero-order valence-corrected chi connectivity index (χ0v) is 12.3. The van der Waals surface area contributed by atoms with Crippen LogP contribution in [-0.2, 0) is 4.79 Å². The van der Waals surface area contributed by atoms with Crippen molar-refractivity contribution in [3.63, 3.8) is 0 Å². The fourth-order valence-corrected chi connectivity index (χ4v) is 2.92. The smallest absolute Gasteiger partial charge is 0.233 e. The molecule has 0 spiro atoms. The highest BCUT2D eigenvalue weighted by molar-refractivity contribution is 5.77. The summed E-state index contributed by atoms with van der Waals surface area (Å²) in [5, 5.41) is 6.34. The van der Waals surface area contributed by atoms with Gasteiger partial charge < -0.3 is 10.6 Å². The Morgan fingerprint density at radius 2 is 2.11 bits per heavy atom. The van der Waals surface area contributed by atoms with Gasteiger partial charge in [-0.15, -0.1) is 0 Å². The summed E-state index contributed by atoms with van der Waals surface area (Å²) >= 11 is 0. The second-order valence-electron chi connectivity index (χ2n) is 6.09. The van der Waals surface area contributed by atoms with Crippen LogP contribution >= 0.6 is 0 Å². The topological polar surface area (TPSA) is 41.1 Å². The average molecular weight is 254 g/mol. The lowest BCUT2D eigenvalue weighted by Gasteiger charge is -2.30. The predicted octanol–water partition coefficient (Wildman–Crippen LogP) is 2.71. The first-order valence-electron chi connectivity index (χ1n) is 7.61. The number of rotatable bonds is 7. The summed E-state index contributed by atoms with van der Waals surface area (Å²) in [6.07, 6.45) is 7.50. The maximum absolute atomic E-state index is 11.5. The van der Waals surface area contributed by atoms with E-state index < -0.39 is 0 Å². The van der Waals surface area contributed by atoms with Gasteiger partial charge >= 0.3 is 0 Å². The maximum Gasteiger partial charge on any atom is 0.233 e. The van der Waals surface area contributed by atoms with Crippen molar-refractivity contribution >= 4 is 5.91 Å². The van der Waals surface area contributed by atoms with Crippen LogP contribution in [0.2, 0.25) is 0 Å². The van der Waals surface area contributed by atoms with E-state index in [1.54, 1.807) is 0 Å². The van der Waals surface area contributed by atoms with E-state index in [9.17, 15) is 4.79 Å². The SMILES string of the molecule is CCCNC(=O)CNC1CCCC(CC(C)C)C1. The van der Waals surface area contributed by atoms with Crippen molar-refractivity contribution in [3.05, 3.63) is 0 Å². The Morgan fingerprint density at radius 1 is 1.33 bits per heavy atom. The zero-order chi connectivity index (χ0) is 13.4. The van der Waals surface area contributed by atoms with Gasteiger partial charge in [0, 0.05) is 12.6 Å². The molecule has 18 heavy (non-hydrogen) atoms. The fourth-order valence-electron chi connectivity index (χ4n) is 2.92. The van der Waals surface area contributed by atoms with Gasteiger partial charge in [0.25, 0.3) is 0 Å². The van der Waals surface area contributed by atoms with Crippen molar-refractivity contribution in [1.29, 1.82) is 0 Å². The van der Waals surface area contributed by atoms with Gasteiger partial charge in [0.05, 0.1) is 6.54 Å². The predicted molar refractivity (Wildman–Crippen MR) is 76.5 cm³/mol. The molecule has 3 heteroatoms. The van der Waals surface area contributed by atoms with Crippen molar-refractivity contribution in [2.75, 3.05) is 13.1 Å². The van der Waals surface area contributed by atoms with E-state index in [0.29, 0.717) is 12.6 Å². The lowest BCUT2D eigenvalue weighted by molar-refractivity contribution is -0.120. The van der Waals surface area contributed by atoms with E-state index in [4.69, 9.17) is 0 Å². The number of hydrogen-bond donors (Lipinski definition) is 2. The number of carbonyl (C=O) groups excluding carboxylic acids is 1. The van der Waals surface area contributed by atoms with E-state index in [-0.39, 0.29) is 5.91 Å². The first-order chi connectivity index (χ1) is 8.61. The fraction of sp³-hybridized carbons (Fsp3) is 0.933. The maximum atomic E-state index is 11.5. The Bertz CT molecular complexity index is 241. The van der Waals surface area contributed by atoms with Crippen LogP contribution in [0.4, 0.5) is 0 Å². The van der Waals surface area contributed by atoms with Gasteiger partial charge in [-0.2, -0.15) is 0 Å². The van der Waals surface area contributed by atoms with Gasteiger partial charge in [-0.3, -0.25) is 4.79 Å². The van der Waals surface area contributed by atoms with Crippen LogP contribution in [0.15, 0.2) is 0 Å². The van der Waals surface area contributed by atoms with Gasteiger partial charge in [0.15, 0.2) is 0 Å². The molecule has 0 saturated heterocycles. The van der Waals surface area contributed by atoms with Gasteiger partial charge in [-0.25, -0.2) is 0 Å². The van der Waals surface area contributed by atoms with E-state index in [0.717, 1.165) is 24.8 Å². The molecule has 2 atom stereocenters. The molecule has 0 aromatic rings. The third kappa shape index (κ3) is 6.39. The highest BCUT2D eigenvalue weighted by Crippen LogP contribution is 2.29. The molecule has 1 aliphatic rings. The van der Waals surface area contributed by atoms with Crippen molar-refractivity contribution in [1.82, 2.24) is 10.6 Å². The summed E-state index contributed by atoms with van der Waals surface area (Å²) in [4.78, 5) is 11.5. The molecule has 1 saturated carbocycles. The number of hydrogen-bond acceptors (Lipinski definition) is 2. The minimum absolute atomic E-state index is 0.142. The second-order valence-corrected chi connectivity index (χ2v) is 6.09. The highest BCUT2D eigenvalue weighted by atomic mass is 16.1. The molecule has 1 fully saturated rings. The molecule has 0 aromatic carbocycles. The Balaban J connectivity index is 2.19. The molecule has 1 amide bonds. The minimum atomic E-state index is 0.142. The second kappa shape index (κ2) is 8.52. The Labute approximate surface area is 112 Å². The lowest BCUT2D eigenvalue weighted by Crippen LogP contribution is -2.41. The summed E-state index contributed by atoms with van der Waals surface area (Å²) in [5.41, 5.74) is 0. The Kier molecular flexibility index (Phi) is 7.33. The molecular weight excluding hydrogens is 224 g/mol. The third-order valence-electron chi connectivity index (χ3n) is 3.71. The third-order valence-corrected chi connectivity index (χ3v) is 3.71. The van der Waals surface area contributed by atoms with Gasteiger partial charge in [0.2, 0.25) is 5.91 Å². The molecule has 0 radical (unpaired) electrons. The van der Waals surface area contributed by atoms with Crippen molar-refractivity contribution in [2.45, 2.75) is 65.3 Å². The van der Waals surface area contributed by atoms with Crippen LogP contribution in [0.1, 0.15) is 59.3 Å². The van der Waals surface area contributed by atoms with Crippen molar-refractivity contribution in [3.8, 4) is 0 Å². The molecule has 3 nitrogen and oxygen atoms in total. The first kappa shape index (κ1) is 15.5. The highest BCUT2D eigenvalue weighted by Gasteiger charge is 2.22. The minimum Gasteiger partial charge on any atom is -0.355 e. The molecular formula is C15H30N2O. The monoisotopic (exact) mass is 254 g/mol. The van der Waals surface area contributed by atoms with E-state index in [2.05, 4.69) is 31.4 Å². The summed E-state index contributed by atoms with van der Waals surface area (Å²) < 4.78 is 0. The molecule has 0 bridgehead atoms. The molecule has 2 N–H and O–H groups in total. The van der Waals surface area contributed by atoms with Crippen molar-refractivity contribution < 1.29 is 4.79 Å². The molecule has 1 aliphatic carbocycles. The van der Waals surface area contributed by atoms with Crippen LogP contribution in [0, 0.1) is 11.8 Å². The number of carbonyl (C=O) groups is 1. The molecule has 0 aromatic heterocycles. The average Bonchev–Trinajstić information content (AvgIpc) is 2.33. The summed E-state index contributed by atoms with van der Waals surface area (Å²) in [7, 11) is 0. The van der Waals surface area contributed by atoms with Crippen LogP contribution in [-0.4, -0.2) is 25.0 Å². The largest absolute Gasteiger partial charge is 0.355 e. The Morgan fingerprint density at radius 3 is 2.78 bits per heavy atom. The van der Waals surface area contributed by atoms with Crippen molar-refractivity contribution in [2.24, 2.45) is 11.8 Å². The van der Waals surface area contributed by atoms with E-state index in [1.165, 1.54) is 32.1 Å². The van der Waals surface area contributed by atoms with Crippen LogP contribution in [0.5, 0.6) is 0 Å². The van der Waals surface area contributed by atoms with Gasteiger partial charge in [-0.1, -0.05) is 33.6 Å². The van der Waals surface area contributed by atoms with Crippen LogP contribution < -0.4 is 10.6 Å². The standard InChI is InChI=1S/C15H30N2O/c1-4-8-16-15(18)11-17-14-7-5-6-13(10-14)9-12(2)3/h12-14,17H,4-11H2,1-3H3,(H,16,18). The molecule has 1 rings (SSSR count). The van der Waals surface area contributed by atoms with Gasteiger partial charge in [-0.05, 0) is 37.5 Å². The molecule has 106 valence electrons. The quantitative estimate of drug-likeness (QED) is 0.733. The number of nitrogens with one attached hydrogen (secondary N) is 2. The summed E-state index contributed by atoms with van der Waals surface area (Å²) in [6.45, 7) is 7.95. The van der Waals surface area contributed by atoms with E-state index in [1.807, 2.05) is 0 Å². The Hall–Kier alpha value is -0.570. The molecule has 0 aliphatic heterocycles. The summed E-state index contributed by atoms with van der Waals surface area (Å²) in [6, 6.07) is 0.551. The van der Waals surface area contributed by atoms with Crippen LogP contribution in [0.3, 0.4) is 0 Å². The number of amides is 1. The van der Waals surface area contributed by atoms with Gasteiger partial charge in [0.1, 0.15) is 0 Å². The molecule has 0 heterocycles. The summed E-state index contributed by atoms with van der Waals surface area (Å²) in [5.74, 6) is 1.79. The normalized spacial score (nSPS) is 24.2. The molecule has 2 unspecified atom stereocenters.